The Morgan fingerprint density at radius 2 is 2.18 bits per heavy atom. The Kier molecular flexibility index (Phi) is 6.70. The second-order valence-electron chi connectivity index (χ2n) is 6.41. The van der Waals surface area contributed by atoms with Crippen molar-refractivity contribution in [2.75, 3.05) is 13.2 Å². The number of nitrogens with one attached hydrogen (secondary N) is 2. The fourth-order valence-corrected chi connectivity index (χ4v) is 4.30. The van der Waals surface area contributed by atoms with Gasteiger partial charge in [-0.3, -0.25) is 0 Å². The Bertz CT molecular complexity index is 442. The van der Waals surface area contributed by atoms with Gasteiger partial charge in [-0.05, 0) is 44.1 Å². The number of carbonyl (C=O) groups excluding carboxylic acids is 1. The monoisotopic (exact) mass is 324 g/mol. The minimum Gasteiger partial charge on any atom is -0.396 e. The predicted molar refractivity (Wildman–Crippen MR) is 91.4 cm³/mol. The number of carbonyl (C=O) groups is 1. The predicted octanol–water partition coefficient (Wildman–Crippen LogP) is 3.41. The minimum absolute atomic E-state index is 0.0908. The van der Waals surface area contributed by atoms with Crippen molar-refractivity contribution in [3.05, 3.63) is 22.4 Å². The van der Waals surface area contributed by atoms with Gasteiger partial charge in [0.1, 0.15) is 0 Å². The van der Waals surface area contributed by atoms with Crippen LogP contribution >= 0.6 is 11.3 Å². The summed E-state index contributed by atoms with van der Waals surface area (Å²) in [5.74, 6) is 0. The molecule has 0 bridgehead atoms. The van der Waals surface area contributed by atoms with E-state index >= 15 is 0 Å². The topological polar surface area (TPSA) is 61.4 Å². The molecule has 1 fully saturated rings. The van der Waals surface area contributed by atoms with Gasteiger partial charge in [-0.2, -0.15) is 0 Å². The summed E-state index contributed by atoms with van der Waals surface area (Å²) in [7, 11) is 0. The summed E-state index contributed by atoms with van der Waals surface area (Å²) >= 11 is 1.81. The highest BCUT2D eigenvalue weighted by atomic mass is 32.1. The Morgan fingerprint density at radius 3 is 2.82 bits per heavy atom. The third kappa shape index (κ3) is 4.71. The van der Waals surface area contributed by atoms with E-state index in [0.29, 0.717) is 6.54 Å². The molecular weight excluding hydrogens is 296 g/mol. The van der Waals surface area contributed by atoms with Gasteiger partial charge in [-0.15, -0.1) is 11.3 Å². The fraction of sp³-hybridized carbons (Fsp3) is 0.706. The molecule has 5 heteroatoms. The Labute approximate surface area is 137 Å². The van der Waals surface area contributed by atoms with E-state index in [1.807, 2.05) is 6.92 Å². The maximum atomic E-state index is 12.1. The summed E-state index contributed by atoms with van der Waals surface area (Å²) in [5, 5.41) is 17.0. The van der Waals surface area contributed by atoms with Gasteiger partial charge in [-0.25, -0.2) is 4.79 Å². The van der Waals surface area contributed by atoms with Gasteiger partial charge < -0.3 is 15.7 Å². The van der Waals surface area contributed by atoms with Crippen molar-refractivity contribution in [1.29, 1.82) is 0 Å². The Morgan fingerprint density at radius 1 is 1.41 bits per heavy atom. The summed E-state index contributed by atoms with van der Waals surface area (Å²) in [6, 6.07) is 4.32. The second-order valence-corrected chi connectivity index (χ2v) is 7.36. The van der Waals surface area contributed by atoms with Gasteiger partial charge in [0.15, 0.2) is 0 Å². The molecule has 124 valence electrons. The van der Waals surface area contributed by atoms with Crippen molar-refractivity contribution in [1.82, 2.24) is 10.6 Å². The zero-order valence-electron chi connectivity index (χ0n) is 13.4. The van der Waals surface area contributed by atoms with E-state index in [1.165, 1.54) is 24.1 Å². The lowest BCUT2D eigenvalue weighted by Gasteiger charge is -2.37. The van der Waals surface area contributed by atoms with Gasteiger partial charge in [0.2, 0.25) is 0 Å². The molecule has 0 aromatic carbocycles. The molecule has 1 aromatic heterocycles. The first-order chi connectivity index (χ1) is 10.7. The van der Waals surface area contributed by atoms with E-state index in [-0.39, 0.29) is 24.1 Å². The highest BCUT2D eigenvalue weighted by molar-refractivity contribution is 7.10. The van der Waals surface area contributed by atoms with Crippen LogP contribution in [0.1, 0.15) is 56.7 Å². The molecule has 1 aromatic rings. The van der Waals surface area contributed by atoms with E-state index in [2.05, 4.69) is 28.1 Å². The number of aliphatic hydroxyl groups excluding tert-OH is 1. The van der Waals surface area contributed by atoms with Gasteiger partial charge in [0.05, 0.1) is 0 Å². The molecule has 0 spiro atoms. The molecule has 1 heterocycles. The Balaban J connectivity index is 1.88. The number of urea groups is 1. The number of aliphatic hydroxyl groups is 1. The van der Waals surface area contributed by atoms with Crippen molar-refractivity contribution >= 4 is 17.4 Å². The van der Waals surface area contributed by atoms with Crippen molar-refractivity contribution < 1.29 is 9.90 Å². The molecule has 4 nitrogen and oxygen atoms in total. The molecule has 1 aliphatic carbocycles. The third-order valence-electron chi connectivity index (χ3n) is 4.61. The number of hydrogen-bond acceptors (Lipinski definition) is 3. The van der Waals surface area contributed by atoms with E-state index in [4.69, 9.17) is 5.11 Å². The molecular formula is C17H28N2O2S. The normalized spacial score (nSPS) is 18.6. The maximum absolute atomic E-state index is 12.1. The average Bonchev–Trinajstić information content (AvgIpc) is 3.07. The molecule has 2 amide bonds. The SMILES string of the molecule is CC(CCCO)NC(=O)NCC1(c2cccs2)CCCCC1. The molecule has 1 aliphatic rings. The zero-order chi connectivity index (χ0) is 15.8. The molecule has 0 radical (unpaired) electrons. The third-order valence-corrected chi connectivity index (χ3v) is 5.73. The lowest BCUT2D eigenvalue weighted by Crippen LogP contribution is -2.47. The standard InChI is InChI=1S/C17H28N2O2S/c1-14(7-5-11-20)19-16(21)18-13-17(9-3-2-4-10-17)15-8-6-12-22-15/h6,8,12,14,20H,2-5,7,9-11,13H2,1H3,(H2,18,19,21). The zero-order valence-corrected chi connectivity index (χ0v) is 14.3. The van der Waals surface area contributed by atoms with Crippen LogP contribution in [0.2, 0.25) is 0 Å². The molecule has 2 rings (SSSR count). The molecule has 22 heavy (non-hydrogen) atoms. The van der Waals surface area contributed by atoms with Gasteiger partial charge in [0, 0.05) is 29.5 Å². The molecule has 1 atom stereocenters. The molecule has 0 saturated heterocycles. The smallest absolute Gasteiger partial charge is 0.315 e. The van der Waals surface area contributed by atoms with Crippen LogP contribution in [0.5, 0.6) is 0 Å². The quantitative estimate of drug-likeness (QED) is 0.720. The summed E-state index contributed by atoms with van der Waals surface area (Å²) in [4.78, 5) is 13.5. The summed E-state index contributed by atoms with van der Waals surface area (Å²) in [6.45, 7) is 2.87. The van der Waals surface area contributed by atoms with Crippen LogP contribution in [0.25, 0.3) is 0 Å². The minimum atomic E-state index is -0.0908. The lowest BCUT2D eigenvalue weighted by atomic mass is 9.73. The van der Waals surface area contributed by atoms with Crippen LogP contribution < -0.4 is 10.6 Å². The van der Waals surface area contributed by atoms with Crippen molar-refractivity contribution in [2.24, 2.45) is 0 Å². The van der Waals surface area contributed by atoms with Gasteiger partial charge in [0.25, 0.3) is 0 Å². The molecule has 3 N–H and O–H groups in total. The first kappa shape index (κ1) is 17.3. The summed E-state index contributed by atoms with van der Waals surface area (Å²) in [6.07, 6.45) is 7.64. The summed E-state index contributed by atoms with van der Waals surface area (Å²) in [5.41, 5.74) is 0.123. The van der Waals surface area contributed by atoms with Crippen LogP contribution in [0, 0.1) is 0 Å². The van der Waals surface area contributed by atoms with E-state index in [0.717, 1.165) is 25.7 Å². The highest BCUT2D eigenvalue weighted by Crippen LogP contribution is 2.41. The largest absolute Gasteiger partial charge is 0.396 e. The highest BCUT2D eigenvalue weighted by Gasteiger charge is 2.35. The van der Waals surface area contributed by atoms with E-state index in [9.17, 15) is 4.79 Å². The number of hydrogen-bond donors (Lipinski definition) is 3. The van der Waals surface area contributed by atoms with Crippen LogP contribution in [0.3, 0.4) is 0 Å². The average molecular weight is 324 g/mol. The molecule has 1 unspecified atom stereocenters. The van der Waals surface area contributed by atoms with Gasteiger partial charge >= 0.3 is 6.03 Å². The molecule has 0 aliphatic heterocycles. The summed E-state index contributed by atoms with van der Waals surface area (Å²) < 4.78 is 0. The van der Waals surface area contributed by atoms with Gasteiger partial charge in [-0.1, -0.05) is 25.3 Å². The van der Waals surface area contributed by atoms with Crippen LogP contribution in [0.4, 0.5) is 4.79 Å². The van der Waals surface area contributed by atoms with Crippen molar-refractivity contribution in [3.63, 3.8) is 0 Å². The van der Waals surface area contributed by atoms with Crippen LogP contribution in [-0.4, -0.2) is 30.3 Å². The van der Waals surface area contributed by atoms with Crippen LogP contribution in [0.15, 0.2) is 17.5 Å². The second kappa shape index (κ2) is 8.53. The number of rotatable bonds is 7. The number of thiophene rings is 1. The first-order valence-electron chi connectivity index (χ1n) is 8.35. The Hall–Kier alpha value is -1.07. The maximum Gasteiger partial charge on any atom is 0.315 e. The fourth-order valence-electron chi connectivity index (χ4n) is 3.31. The van der Waals surface area contributed by atoms with Crippen molar-refractivity contribution in [3.8, 4) is 0 Å². The first-order valence-corrected chi connectivity index (χ1v) is 9.23. The van der Waals surface area contributed by atoms with Crippen molar-refractivity contribution in [2.45, 2.75) is 63.3 Å². The van der Waals surface area contributed by atoms with E-state index in [1.54, 1.807) is 11.3 Å². The van der Waals surface area contributed by atoms with Crippen LogP contribution in [-0.2, 0) is 5.41 Å². The number of amides is 2. The van der Waals surface area contributed by atoms with E-state index < -0.39 is 0 Å². The molecule has 1 saturated carbocycles. The lowest BCUT2D eigenvalue weighted by molar-refractivity contribution is 0.225.